The van der Waals surface area contributed by atoms with Gasteiger partial charge in [0, 0.05) is 17.5 Å². The number of halogens is 1. The maximum Gasteiger partial charge on any atom is 0.214 e. The van der Waals surface area contributed by atoms with Crippen LogP contribution in [-0.4, -0.2) is 14.2 Å². The van der Waals surface area contributed by atoms with Crippen molar-refractivity contribution in [2.75, 3.05) is 4.90 Å². The summed E-state index contributed by atoms with van der Waals surface area (Å²) in [7, 11) is -4.16. The van der Waals surface area contributed by atoms with Crippen molar-refractivity contribution in [1.29, 1.82) is 5.26 Å². The third-order valence-corrected chi connectivity index (χ3v) is 6.61. The highest BCUT2D eigenvalue weighted by molar-refractivity contribution is 7.96. The van der Waals surface area contributed by atoms with Crippen LogP contribution in [-0.2, 0) is 9.84 Å². The van der Waals surface area contributed by atoms with Gasteiger partial charge in [-0.05, 0) is 49.4 Å². The third kappa shape index (κ3) is 3.27. The molecule has 1 aliphatic heterocycles. The fraction of sp³-hybridized carbons (Fsp3) is 0.0435. The van der Waals surface area contributed by atoms with Crippen LogP contribution in [0.15, 0.2) is 82.7 Å². The van der Waals surface area contributed by atoms with Gasteiger partial charge in [-0.15, -0.1) is 0 Å². The zero-order valence-electron chi connectivity index (χ0n) is 15.8. The van der Waals surface area contributed by atoms with Gasteiger partial charge in [0.2, 0.25) is 15.6 Å². The van der Waals surface area contributed by atoms with Gasteiger partial charge >= 0.3 is 0 Å². The van der Waals surface area contributed by atoms with Crippen molar-refractivity contribution in [3.05, 3.63) is 100 Å². The molecule has 0 radical (unpaired) electrons. The number of carbonyl (C=O) groups excluding carboxylic acids is 1. The highest BCUT2D eigenvalue weighted by atomic mass is 32.2. The molecule has 0 aromatic heterocycles. The van der Waals surface area contributed by atoms with Crippen molar-refractivity contribution in [3.63, 3.8) is 0 Å². The van der Waals surface area contributed by atoms with Gasteiger partial charge < -0.3 is 4.90 Å². The van der Waals surface area contributed by atoms with E-state index in [1.54, 1.807) is 48.5 Å². The summed E-state index contributed by atoms with van der Waals surface area (Å²) < 4.78 is 40.3. The Hall–Kier alpha value is -3.76. The summed E-state index contributed by atoms with van der Waals surface area (Å²) in [5, 5.41) is 9.01. The Morgan fingerprint density at radius 1 is 1.00 bits per heavy atom. The average Bonchev–Trinajstić information content (AvgIpc) is 2.74. The lowest BCUT2D eigenvalue weighted by molar-refractivity contribution is 0.104. The number of Topliss-reactive ketones (excluding diaryl/α,β-unsaturated/α-hetero) is 1. The summed E-state index contributed by atoms with van der Waals surface area (Å²) in [6.07, 6.45) is 1.21. The molecule has 3 aromatic carbocycles. The molecule has 7 heteroatoms. The molecule has 30 heavy (non-hydrogen) atoms. The van der Waals surface area contributed by atoms with Gasteiger partial charge in [0.1, 0.15) is 10.7 Å². The van der Waals surface area contributed by atoms with Crippen molar-refractivity contribution in [3.8, 4) is 6.07 Å². The molecule has 1 heterocycles. The zero-order chi connectivity index (χ0) is 21.5. The Labute approximate surface area is 173 Å². The molecule has 0 saturated heterocycles. The molecular weight excluding hydrogens is 403 g/mol. The fourth-order valence-corrected chi connectivity index (χ4v) is 4.74. The Bertz CT molecular complexity index is 1340. The SMILES string of the molecule is Cc1ccc(C(=O)C2=CN(c3ccc(C#N)cc3)c3cc(F)ccc3S2(=O)=O)cc1. The zero-order valence-corrected chi connectivity index (χ0v) is 16.7. The Balaban J connectivity index is 1.92. The molecule has 0 unspecified atom stereocenters. The topological polar surface area (TPSA) is 78.2 Å². The lowest BCUT2D eigenvalue weighted by atomic mass is 10.1. The number of nitriles is 1. The van der Waals surface area contributed by atoms with Gasteiger partial charge in [0.05, 0.1) is 22.2 Å². The van der Waals surface area contributed by atoms with Crippen LogP contribution in [0, 0.1) is 24.1 Å². The number of anilines is 2. The number of carbonyl (C=O) groups is 1. The standard InChI is InChI=1S/C23H15FN2O3S/c1-15-2-6-17(7-3-15)23(27)22-14-26(19-9-4-16(13-25)5-10-19)20-12-18(24)8-11-21(20)30(22,28)29/h2-12,14H,1H3. The Kier molecular flexibility index (Phi) is 4.72. The molecule has 4 rings (SSSR count). The van der Waals surface area contributed by atoms with E-state index < -0.39 is 26.3 Å². The Morgan fingerprint density at radius 3 is 2.30 bits per heavy atom. The molecule has 1 aliphatic rings. The van der Waals surface area contributed by atoms with Crippen molar-refractivity contribution >= 4 is 27.0 Å². The minimum absolute atomic E-state index is 0.0974. The molecule has 148 valence electrons. The lowest BCUT2D eigenvalue weighted by Crippen LogP contribution is -2.26. The third-order valence-electron chi connectivity index (χ3n) is 4.82. The second kappa shape index (κ2) is 7.25. The monoisotopic (exact) mass is 418 g/mol. The average molecular weight is 418 g/mol. The van der Waals surface area contributed by atoms with Gasteiger partial charge in [-0.25, -0.2) is 12.8 Å². The maximum atomic E-state index is 14.0. The molecule has 0 fully saturated rings. The van der Waals surface area contributed by atoms with Crippen LogP contribution in [0.4, 0.5) is 15.8 Å². The Morgan fingerprint density at radius 2 is 1.67 bits per heavy atom. The molecule has 0 aliphatic carbocycles. The van der Waals surface area contributed by atoms with Gasteiger partial charge in [-0.2, -0.15) is 5.26 Å². The first-order valence-corrected chi connectivity index (χ1v) is 10.5. The number of rotatable bonds is 3. The molecular formula is C23H15FN2O3S. The highest BCUT2D eigenvalue weighted by Gasteiger charge is 2.36. The summed E-state index contributed by atoms with van der Waals surface area (Å²) >= 11 is 0. The van der Waals surface area contributed by atoms with E-state index in [-0.39, 0.29) is 16.1 Å². The number of fused-ring (bicyclic) bond motifs is 1. The largest absolute Gasteiger partial charge is 0.314 e. The van der Waals surface area contributed by atoms with E-state index in [0.717, 1.165) is 23.8 Å². The van der Waals surface area contributed by atoms with Gasteiger partial charge in [-0.1, -0.05) is 29.8 Å². The summed E-state index contributed by atoms with van der Waals surface area (Å²) in [5.41, 5.74) is 2.18. The quantitative estimate of drug-likeness (QED) is 0.457. The molecule has 0 saturated carbocycles. The van der Waals surface area contributed by atoms with Gasteiger partial charge in [0.15, 0.2) is 0 Å². The number of hydrogen-bond acceptors (Lipinski definition) is 5. The summed E-state index contributed by atoms with van der Waals surface area (Å²) in [5.74, 6) is -1.26. The minimum atomic E-state index is -4.16. The van der Waals surface area contributed by atoms with Crippen LogP contribution in [0.1, 0.15) is 21.5 Å². The van der Waals surface area contributed by atoms with Crippen molar-refractivity contribution in [2.24, 2.45) is 0 Å². The van der Waals surface area contributed by atoms with Gasteiger partial charge in [0.25, 0.3) is 0 Å². The summed E-state index contributed by atoms with van der Waals surface area (Å²) in [6.45, 7) is 1.86. The van der Waals surface area contributed by atoms with Crippen molar-refractivity contribution in [1.82, 2.24) is 0 Å². The van der Waals surface area contributed by atoms with E-state index in [1.807, 2.05) is 13.0 Å². The highest BCUT2D eigenvalue weighted by Crippen LogP contribution is 2.40. The molecule has 0 atom stereocenters. The number of aryl methyl sites for hydroxylation is 1. The number of hydrogen-bond donors (Lipinski definition) is 0. The van der Waals surface area contributed by atoms with E-state index in [9.17, 15) is 17.6 Å². The predicted molar refractivity (Wildman–Crippen MR) is 110 cm³/mol. The molecule has 0 bridgehead atoms. The summed E-state index contributed by atoms with van der Waals surface area (Å²) in [6, 6.07) is 18.3. The maximum absolute atomic E-state index is 14.0. The first-order valence-electron chi connectivity index (χ1n) is 8.98. The van der Waals surface area contributed by atoms with Crippen LogP contribution < -0.4 is 4.90 Å². The van der Waals surface area contributed by atoms with E-state index in [0.29, 0.717) is 11.3 Å². The van der Waals surface area contributed by atoms with Crippen LogP contribution in [0.5, 0.6) is 0 Å². The molecule has 5 nitrogen and oxygen atoms in total. The predicted octanol–water partition coefficient (Wildman–Crippen LogP) is 4.66. The summed E-state index contributed by atoms with van der Waals surface area (Å²) in [4.78, 5) is 14.0. The van der Waals surface area contributed by atoms with Crippen molar-refractivity contribution < 1.29 is 17.6 Å². The van der Waals surface area contributed by atoms with Crippen LogP contribution in [0.25, 0.3) is 0 Å². The first-order chi connectivity index (χ1) is 14.3. The van der Waals surface area contributed by atoms with Crippen LogP contribution in [0.3, 0.4) is 0 Å². The van der Waals surface area contributed by atoms with E-state index in [2.05, 4.69) is 0 Å². The number of allylic oxidation sites excluding steroid dienone is 1. The van der Waals surface area contributed by atoms with E-state index in [4.69, 9.17) is 5.26 Å². The van der Waals surface area contributed by atoms with Crippen molar-refractivity contribution in [2.45, 2.75) is 11.8 Å². The molecule has 3 aromatic rings. The number of benzene rings is 3. The number of sulfone groups is 1. The van der Waals surface area contributed by atoms with E-state index in [1.165, 1.54) is 11.1 Å². The number of nitrogens with zero attached hydrogens (tertiary/aromatic N) is 2. The van der Waals surface area contributed by atoms with Crippen LogP contribution >= 0.6 is 0 Å². The first kappa shape index (κ1) is 19.6. The second-order valence-corrected chi connectivity index (χ2v) is 8.72. The minimum Gasteiger partial charge on any atom is -0.314 e. The molecule has 0 spiro atoms. The normalized spacial score (nSPS) is 14.4. The van der Waals surface area contributed by atoms with E-state index >= 15 is 0 Å². The smallest absolute Gasteiger partial charge is 0.214 e. The number of ketones is 1. The van der Waals surface area contributed by atoms with Crippen LogP contribution in [0.2, 0.25) is 0 Å². The fourth-order valence-electron chi connectivity index (χ4n) is 3.22. The lowest BCUT2D eigenvalue weighted by Gasteiger charge is -2.29. The molecule has 0 N–H and O–H groups in total. The second-order valence-electron chi connectivity index (χ2n) is 6.83. The van der Waals surface area contributed by atoms with Gasteiger partial charge in [-0.3, -0.25) is 4.79 Å². The molecule has 0 amide bonds.